The summed E-state index contributed by atoms with van der Waals surface area (Å²) in [6.45, 7) is 5.85. The maximum atomic E-state index is 10.2. The van der Waals surface area contributed by atoms with E-state index in [-0.39, 0.29) is 29.6 Å². The van der Waals surface area contributed by atoms with E-state index in [2.05, 4.69) is 13.8 Å². The molecule has 1 unspecified atom stereocenters. The van der Waals surface area contributed by atoms with Gasteiger partial charge in [-0.1, -0.05) is 19.8 Å². The largest absolute Gasteiger partial charge is 1.00 e. The fourth-order valence-corrected chi connectivity index (χ4v) is 1.34. The summed E-state index contributed by atoms with van der Waals surface area (Å²) in [5.74, 6) is -3.50. The summed E-state index contributed by atoms with van der Waals surface area (Å²) in [6.07, 6.45) is 2.49. The minimum absolute atomic E-state index is 0. The number of aliphatic carboxylic acids is 2. The van der Waals surface area contributed by atoms with Gasteiger partial charge in [0.25, 0.3) is 10.1 Å². The normalized spacial score (nSPS) is 11.5. The van der Waals surface area contributed by atoms with Crippen molar-refractivity contribution in [2.75, 3.05) is 0 Å². The zero-order valence-corrected chi connectivity index (χ0v) is 13.3. The van der Waals surface area contributed by atoms with E-state index in [9.17, 15) is 18.0 Å². The quantitative estimate of drug-likeness (QED) is 0.288. The Kier molecular flexibility index (Phi) is 15.2. The Morgan fingerprint density at radius 2 is 1.72 bits per heavy atom. The minimum Gasteiger partial charge on any atom is -0.481 e. The number of carboxylic acid groups (broad SMARTS) is 2. The molecule has 0 aliphatic rings. The summed E-state index contributed by atoms with van der Waals surface area (Å²) in [5, 5.41) is 13.9. The van der Waals surface area contributed by atoms with Crippen molar-refractivity contribution in [3.8, 4) is 0 Å². The molecule has 0 aliphatic heterocycles. The molecule has 3 N–H and O–H groups in total. The van der Waals surface area contributed by atoms with Crippen molar-refractivity contribution in [2.45, 2.75) is 37.9 Å². The molecule has 0 spiro atoms. The minimum atomic E-state index is -4.84. The van der Waals surface area contributed by atoms with Crippen LogP contribution in [0.1, 0.15) is 32.6 Å². The van der Waals surface area contributed by atoms with Crippen molar-refractivity contribution in [3.05, 3.63) is 6.92 Å². The Bertz CT molecular complexity index is 337. The Labute approximate surface area is 129 Å². The topological polar surface area (TPSA) is 129 Å². The van der Waals surface area contributed by atoms with Gasteiger partial charge in [0.2, 0.25) is 0 Å². The molecule has 0 aromatic heterocycles. The third-order valence-electron chi connectivity index (χ3n) is 1.60. The van der Waals surface area contributed by atoms with Gasteiger partial charge in [-0.3, -0.25) is 14.1 Å². The number of rotatable bonds is 6. The first-order chi connectivity index (χ1) is 7.66. The second-order valence-corrected chi connectivity index (χ2v) is 4.75. The number of unbranched alkanes of at least 4 members (excludes halogenated alkanes) is 2. The number of carbonyl (C=O) groups is 2. The van der Waals surface area contributed by atoms with Crippen LogP contribution in [0.2, 0.25) is 0 Å². The molecule has 0 amide bonds. The molecular weight excluding hydrogens is 275 g/mol. The molecule has 0 aromatic rings. The molecule has 7 nitrogen and oxygen atoms in total. The van der Waals surface area contributed by atoms with E-state index in [1.807, 2.05) is 0 Å². The molecule has 0 radical (unpaired) electrons. The van der Waals surface area contributed by atoms with Crippen LogP contribution in [0.4, 0.5) is 0 Å². The second-order valence-electron chi connectivity index (χ2n) is 3.15. The van der Waals surface area contributed by atoms with Crippen LogP contribution in [-0.4, -0.2) is 40.4 Å². The van der Waals surface area contributed by atoms with Crippen LogP contribution in [0.15, 0.2) is 0 Å². The van der Waals surface area contributed by atoms with Gasteiger partial charge in [-0.15, -0.1) is 0 Å². The zero-order valence-electron chi connectivity index (χ0n) is 10.5. The van der Waals surface area contributed by atoms with E-state index >= 15 is 0 Å². The first-order valence-corrected chi connectivity index (χ1v) is 6.37. The molecule has 0 saturated heterocycles. The summed E-state index contributed by atoms with van der Waals surface area (Å²) < 4.78 is 28.7. The molecule has 0 saturated carbocycles. The molecular formula is C9H17NaO7S. The van der Waals surface area contributed by atoms with Crippen LogP contribution in [0.5, 0.6) is 0 Å². The first kappa shape index (κ1) is 23.0. The summed E-state index contributed by atoms with van der Waals surface area (Å²) in [7, 11) is -4.84. The van der Waals surface area contributed by atoms with Gasteiger partial charge in [-0.05, 0) is 0 Å². The van der Waals surface area contributed by atoms with Gasteiger partial charge in [-0.2, -0.15) is 14.8 Å². The van der Waals surface area contributed by atoms with Crippen LogP contribution < -0.4 is 29.6 Å². The average molecular weight is 292 g/mol. The van der Waals surface area contributed by atoms with Crippen LogP contribution in [-0.2, 0) is 19.7 Å². The summed E-state index contributed by atoms with van der Waals surface area (Å²) in [6, 6.07) is 0. The van der Waals surface area contributed by atoms with Crippen LogP contribution in [0.3, 0.4) is 0 Å². The SMILES string of the molecule is O=C(O)CC(C(=O)O)S(=O)(=O)O.[CH2-]CCCC.[Na+]. The standard InChI is InChI=1S/C5H11.C4H6O7S.Na/c1-3-5-4-2;5-3(6)1-2(4(7)8)12(9,10)11;/h1,3-5H2,2H3;2H,1H2,(H,5,6)(H,7,8)(H,9,10,11);/q-1;;+1. The number of hydrogen-bond donors (Lipinski definition) is 3. The summed E-state index contributed by atoms with van der Waals surface area (Å²) in [5.41, 5.74) is 0. The Balaban J connectivity index is -0.000000321. The smallest absolute Gasteiger partial charge is 0.481 e. The molecule has 18 heavy (non-hydrogen) atoms. The van der Waals surface area contributed by atoms with Gasteiger partial charge >= 0.3 is 41.5 Å². The molecule has 0 aliphatic carbocycles. The van der Waals surface area contributed by atoms with Crippen molar-refractivity contribution in [2.24, 2.45) is 0 Å². The maximum Gasteiger partial charge on any atom is 1.00 e. The molecule has 102 valence electrons. The van der Waals surface area contributed by atoms with Gasteiger partial charge in [-0.25, -0.2) is 0 Å². The van der Waals surface area contributed by atoms with E-state index in [1.165, 1.54) is 12.8 Å². The zero-order chi connectivity index (χ0) is 14.1. The second kappa shape index (κ2) is 11.9. The predicted octanol–water partition coefficient (Wildman–Crippen LogP) is -2.18. The predicted molar refractivity (Wildman–Crippen MR) is 60.1 cm³/mol. The van der Waals surface area contributed by atoms with Crippen molar-refractivity contribution >= 4 is 22.1 Å². The fraction of sp³-hybridized carbons (Fsp3) is 0.667. The van der Waals surface area contributed by atoms with Crippen LogP contribution in [0, 0.1) is 6.92 Å². The summed E-state index contributed by atoms with van der Waals surface area (Å²) >= 11 is 0. The molecule has 0 heterocycles. The van der Waals surface area contributed by atoms with Gasteiger partial charge in [0, 0.05) is 0 Å². The Hall–Kier alpha value is -0.150. The molecule has 0 bridgehead atoms. The van der Waals surface area contributed by atoms with Gasteiger partial charge in [0.05, 0.1) is 6.42 Å². The third-order valence-corrected chi connectivity index (χ3v) is 2.69. The Morgan fingerprint density at radius 3 is 1.78 bits per heavy atom. The number of hydrogen-bond acceptors (Lipinski definition) is 4. The molecule has 0 aromatic carbocycles. The van der Waals surface area contributed by atoms with Gasteiger partial charge < -0.3 is 17.1 Å². The summed E-state index contributed by atoms with van der Waals surface area (Å²) in [4.78, 5) is 20.0. The van der Waals surface area contributed by atoms with E-state index in [0.29, 0.717) is 0 Å². The fourth-order valence-electron chi connectivity index (χ4n) is 0.729. The third kappa shape index (κ3) is 13.9. The molecule has 1 atom stereocenters. The monoisotopic (exact) mass is 292 g/mol. The average Bonchev–Trinajstić information content (AvgIpc) is 2.14. The van der Waals surface area contributed by atoms with Gasteiger partial charge in [0.15, 0.2) is 5.25 Å². The van der Waals surface area contributed by atoms with E-state index in [1.54, 1.807) is 0 Å². The molecule has 9 heteroatoms. The van der Waals surface area contributed by atoms with Crippen LogP contribution in [0.25, 0.3) is 0 Å². The van der Waals surface area contributed by atoms with Crippen molar-refractivity contribution < 1.29 is 62.3 Å². The van der Waals surface area contributed by atoms with Crippen molar-refractivity contribution in [1.29, 1.82) is 0 Å². The van der Waals surface area contributed by atoms with E-state index in [4.69, 9.17) is 14.8 Å². The maximum absolute atomic E-state index is 10.2. The van der Waals surface area contributed by atoms with E-state index < -0.39 is 33.7 Å². The van der Waals surface area contributed by atoms with Gasteiger partial charge in [0.1, 0.15) is 0 Å². The van der Waals surface area contributed by atoms with Crippen molar-refractivity contribution in [3.63, 3.8) is 0 Å². The Morgan fingerprint density at radius 1 is 1.28 bits per heavy atom. The first-order valence-electron chi connectivity index (χ1n) is 4.86. The molecule has 0 fully saturated rings. The van der Waals surface area contributed by atoms with Crippen LogP contribution >= 0.6 is 0 Å². The van der Waals surface area contributed by atoms with E-state index in [0.717, 1.165) is 6.42 Å². The van der Waals surface area contributed by atoms with Crippen molar-refractivity contribution in [1.82, 2.24) is 0 Å². The number of carboxylic acids is 2. The molecule has 0 rings (SSSR count).